The number of thiocarbonyl (C=S) groups is 1. The maximum absolute atomic E-state index is 12.8. The molecule has 0 saturated carbocycles. The van der Waals surface area contributed by atoms with Crippen molar-refractivity contribution in [2.24, 2.45) is 16.3 Å². The molecule has 0 radical (unpaired) electrons. The van der Waals surface area contributed by atoms with Crippen molar-refractivity contribution in [3.8, 4) is 0 Å². The smallest absolute Gasteiger partial charge is 0.292 e. The van der Waals surface area contributed by atoms with Crippen LogP contribution in [0.1, 0.15) is 47.7 Å². The summed E-state index contributed by atoms with van der Waals surface area (Å²) in [5, 5.41) is 18.1. The van der Waals surface area contributed by atoms with E-state index in [0.29, 0.717) is 29.9 Å². The number of hydrazone groups is 1. The monoisotopic (exact) mass is 415 g/mol. The molecule has 1 heterocycles. The van der Waals surface area contributed by atoms with E-state index in [4.69, 9.17) is 22.4 Å². The molecule has 1 aliphatic rings. The third-order valence-corrected chi connectivity index (χ3v) is 4.74. The van der Waals surface area contributed by atoms with Crippen molar-refractivity contribution in [2.45, 2.75) is 33.6 Å². The number of nitro groups is 1. The van der Waals surface area contributed by atoms with Crippen molar-refractivity contribution in [1.82, 2.24) is 5.43 Å². The Kier molecular flexibility index (Phi) is 5.38. The van der Waals surface area contributed by atoms with Crippen LogP contribution >= 0.6 is 12.2 Å². The number of anilines is 1. The van der Waals surface area contributed by atoms with Gasteiger partial charge in [-0.05, 0) is 37.0 Å². The summed E-state index contributed by atoms with van der Waals surface area (Å²) in [6.45, 7) is 5.89. The summed E-state index contributed by atoms with van der Waals surface area (Å²) in [4.78, 5) is 23.5. The van der Waals surface area contributed by atoms with Crippen LogP contribution in [0.4, 0.5) is 11.4 Å². The second-order valence-electron chi connectivity index (χ2n) is 7.64. The minimum absolute atomic E-state index is 0.0398. The highest BCUT2D eigenvalue weighted by atomic mass is 32.1. The summed E-state index contributed by atoms with van der Waals surface area (Å²) >= 11 is 4.82. The summed E-state index contributed by atoms with van der Waals surface area (Å²) in [5.41, 5.74) is 9.88. The first-order chi connectivity index (χ1) is 13.6. The molecule has 3 rings (SSSR count). The molecule has 0 unspecified atom stereocenters. The summed E-state index contributed by atoms with van der Waals surface area (Å²) in [7, 11) is 0. The van der Waals surface area contributed by atoms with Crippen LogP contribution < -0.4 is 16.5 Å². The van der Waals surface area contributed by atoms with E-state index in [9.17, 15) is 14.9 Å². The lowest BCUT2D eigenvalue weighted by molar-refractivity contribution is -0.383. The van der Waals surface area contributed by atoms with Gasteiger partial charge in [-0.15, -0.1) is 0 Å². The predicted octanol–water partition coefficient (Wildman–Crippen LogP) is 3.26. The number of fused-ring (bicyclic) bond motifs is 1. The molecule has 1 aliphatic carbocycles. The highest BCUT2D eigenvalue weighted by Crippen LogP contribution is 2.39. The number of benzene rings is 1. The molecule has 0 fully saturated rings. The van der Waals surface area contributed by atoms with Crippen molar-refractivity contribution < 1.29 is 14.1 Å². The van der Waals surface area contributed by atoms with E-state index in [1.54, 1.807) is 13.0 Å². The zero-order valence-corrected chi connectivity index (χ0v) is 17.1. The Morgan fingerprint density at radius 2 is 2.03 bits per heavy atom. The molecule has 1 aromatic heterocycles. The van der Waals surface area contributed by atoms with Gasteiger partial charge in [0.05, 0.1) is 10.6 Å². The minimum Gasteiger partial charge on any atom is -0.455 e. The maximum atomic E-state index is 12.8. The lowest BCUT2D eigenvalue weighted by Crippen LogP contribution is -2.31. The first-order valence-corrected chi connectivity index (χ1v) is 9.29. The van der Waals surface area contributed by atoms with Gasteiger partial charge in [-0.2, -0.15) is 5.10 Å². The molecule has 1 amide bonds. The summed E-state index contributed by atoms with van der Waals surface area (Å²) in [5.74, 6) is 0.162. The number of para-hydroxylation sites is 2. The molecule has 9 nitrogen and oxygen atoms in total. The number of carbonyl (C=O) groups is 1. The quantitative estimate of drug-likeness (QED) is 0.396. The number of carbonyl (C=O) groups excluding carboxylic acids is 1. The van der Waals surface area contributed by atoms with Crippen LogP contribution in [0.5, 0.6) is 0 Å². The number of rotatable bonds is 4. The van der Waals surface area contributed by atoms with Gasteiger partial charge in [0.1, 0.15) is 11.4 Å². The third-order valence-electron chi connectivity index (χ3n) is 4.65. The first kappa shape index (κ1) is 20.5. The van der Waals surface area contributed by atoms with E-state index < -0.39 is 10.8 Å². The summed E-state index contributed by atoms with van der Waals surface area (Å²) in [6.07, 6.45) is 1.26. The van der Waals surface area contributed by atoms with Gasteiger partial charge in [0, 0.05) is 23.6 Å². The van der Waals surface area contributed by atoms with Crippen LogP contribution in [0, 0.1) is 22.5 Å². The Morgan fingerprint density at radius 1 is 1.34 bits per heavy atom. The normalized spacial score (nSPS) is 16.2. The fraction of sp³-hybridized carbons (Fsp3) is 0.316. The van der Waals surface area contributed by atoms with Crippen molar-refractivity contribution in [1.29, 1.82) is 0 Å². The molecule has 0 spiro atoms. The molecule has 0 aliphatic heterocycles. The Labute approximate surface area is 172 Å². The Bertz CT molecular complexity index is 1040. The van der Waals surface area contributed by atoms with Crippen LogP contribution in [0.2, 0.25) is 0 Å². The van der Waals surface area contributed by atoms with Crippen LogP contribution in [0.15, 0.2) is 33.8 Å². The highest BCUT2D eigenvalue weighted by Gasteiger charge is 2.36. The molecule has 29 heavy (non-hydrogen) atoms. The molecule has 2 aromatic rings. The van der Waals surface area contributed by atoms with E-state index in [2.05, 4.69) is 29.7 Å². The molecular weight excluding hydrogens is 394 g/mol. The standard InChI is InChI=1S/C19H21N5O4S/c1-10-15-12(22-23-18(20)29)8-19(2,3)9-14(15)28-16(10)17(25)21-11-6-4-5-7-13(11)24(26)27/h4-7H,8-9H2,1-3H3,(H,21,25)(H3,20,23,29)/b22-12-. The molecule has 1 aromatic carbocycles. The summed E-state index contributed by atoms with van der Waals surface area (Å²) in [6, 6.07) is 5.93. The number of furan rings is 1. The number of nitro benzene ring substituents is 1. The molecule has 0 atom stereocenters. The number of nitrogens with two attached hydrogens (primary N) is 1. The number of nitrogens with one attached hydrogen (secondary N) is 2. The van der Waals surface area contributed by atoms with Gasteiger partial charge in [0.25, 0.3) is 11.6 Å². The van der Waals surface area contributed by atoms with Gasteiger partial charge in [0.2, 0.25) is 0 Å². The van der Waals surface area contributed by atoms with Crippen molar-refractivity contribution in [3.63, 3.8) is 0 Å². The number of hydrogen-bond acceptors (Lipinski definition) is 6. The van der Waals surface area contributed by atoms with Crippen molar-refractivity contribution >= 4 is 40.3 Å². The Hall–Kier alpha value is -3.27. The number of nitrogens with zero attached hydrogens (tertiary/aromatic N) is 2. The highest BCUT2D eigenvalue weighted by molar-refractivity contribution is 7.80. The van der Waals surface area contributed by atoms with E-state index in [1.807, 2.05) is 0 Å². The number of amides is 1. The zero-order valence-electron chi connectivity index (χ0n) is 16.2. The predicted molar refractivity (Wildman–Crippen MR) is 113 cm³/mol. The van der Waals surface area contributed by atoms with Crippen LogP contribution in [0.3, 0.4) is 0 Å². The largest absolute Gasteiger partial charge is 0.455 e. The minimum atomic E-state index is -0.564. The fourth-order valence-electron chi connectivity index (χ4n) is 3.47. The Morgan fingerprint density at radius 3 is 2.69 bits per heavy atom. The average molecular weight is 415 g/mol. The van der Waals surface area contributed by atoms with Crippen molar-refractivity contribution in [2.75, 3.05) is 5.32 Å². The van der Waals surface area contributed by atoms with Gasteiger partial charge in [0.15, 0.2) is 10.9 Å². The molecule has 4 N–H and O–H groups in total. The zero-order chi connectivity index (χ0) is 21.3. The first-order valence-electron chi connectivity index (χ1n) is 8.88. The van der Waals surface area contributed by atoms with Crippen LogP contribution in [0.25, 0.3) is 0 Å². The van der Waals surface area contributed by atoms with Gasteiger partial charge in [-0.1, -0.05) is 26.0 Å². The van der Waals surface area contributed by atoms with E-state index in [0.717, 1.165) is 5.56 Å². The Balaban J connectivity index is 1.99. The number of hydrogen-bond donors (Lipinski definition) is 3. The van der Waals surface area contributed by atoms with E-state index >= 15 is 0 Å². The third kappa shape index (κ3) is 4.27. The molecule has 0 saturated heterocycles. The van der Waals surface area contributed by atoms with Crippen LogP contribution in [-0.2, 0) is 6.42 Å². The maximum Gasteiger partial charge on any atom is 0.292 e. The average Bonchev–Trinajstić information content (AvgIpc) is 2.95. The van der Waals surface area contributed by atoms with E-state index in [1.165, 1.54) is 18.2 Å². The molecule has 152 valence electrons. The van der Waals surface area contributed by atoms with Gasteiger partial charge in [-0.25, -0.2) is 0 Å². The SMILES string of the molecule is Cc1c(C(=O)Nc2ccccc2[N+](=O)[O-])oc2c1/C(=N\NC(N)=S)CC(C)(C)C2. The topological polar surface area (TPSA) is 136 Å². The lowest BCUT2D eigenvalue weighted by atomic mass is 9.75. The molecule has 0 bridgehead atoms. The second-order valence-corrected chi connectivity index (χ2v) is 8.07. The fourth-order valence-corrected chi connectivity index (χ4v) is 3.51. The van der Waals surface area contributed by atoms with E-state index in [-0.39, 0.29) is 27.7 Å². The second kappa shape index (κ2) is 7.63. The van der Waals surface area contributed by atoms with Gasteiger partial charge in [-0.3, -0.25) is 20.3 Å². The lowest BCUT2D eigenvalue weighted by Gasteiger charge is -2.29. The molecule has 10 heteroatoms. The summed E-state index contributed by atoms with van der Waals surface area (Å²) < 4.78 is 5.89. The molecular formula is C19H21N5O4S. The van der Waals surface area contributed by atoms with Crippen LogP contribution in [-0.4, -0.2) is 21.7 Å². The van der Waals surface area contributed by atoms with Gasteiger partial charge >= 0.3 is 0 Å². The van der Waals surface area contributed by atoms with Crippen molar-refractivity contribution in [3.05, 3.63) is 57.0 Å². The van der Waals surface area contributed by atoms with Gasteiger partial charge < -0.3 is 15.5 Å².